The van der Waals surface area contributed by atoms with Crippen molar-refractivity contribution in [2.45, 2.75) is 65.2 Å². The van der Waals surface area contributed by atoms with Crippen molar-refractivity contribution in [3.8, 4) is 5.75 Å². The third kappa shape index (κ3) is 7.31. The highest BCUT2D eigenvalue weighted by Crippen LogP contribution is 2.11. The predicted molar refractivity (Wildman–Crippen MR) is 77.1 cm³/mol. The molecule has 0 fully saturated rings. The van der Waals surface area contributed by atoms with E-state index in [0.29, 0.717) is 0 Å². The Hall–Kier alpha value is -1.05. The summed E-state index contributed by atoms with van der Waals surface area (Å²) in [5.41, 5.74) is 1.04. The molecule has 1 aromatic rings. The normalized spacial score (nSPS) is 10.6. The Morgan fingerprint density at radius 1 is 0.944 bits per heavy atom. The van der Waals surface area contributed by atoms with Gasteiger partial charge in [0.25, 0.3) is 0 Å². The smallest absolute Gasteiger partial charge is 0.137 e. The number of nitrogens with zero attached hydrogens (tertiary/aromatic N) is 1. The molecule has 0 spiro atoms. The fourth-order valence-corrected chi connectivity index (χ4v) is 1.97. The molecule has 0 atom stereocenters. The van der Waals surface area contributed by atoms with Crippen LogP contribution in [0.4, 0.5) is 0 Å². The van der Waals surface area contributed by atoms with Crippen molar-refractivity contribution < 1.29 is 4.74 Å². The molecule has 102 valence electrons. The van der Waals surface area contributed by atoms with E-state index in [1.807, 2.05) is 19.1 Å². The Bertz CT molecular complexity index is 294. The van der Waals surface area contributed by atoms with Crippen LogP contribution < -0.4 is 4.74 Å². The summed E-state index contributed by atoms with van der Waals surface area (Å²) in [6, 6.07) is 3.98. The summed E-state index contributed by atoms with van der Waals surface area (Å²) in [5, 5.41) is 0. The van der Waals surface area contributed by atoms with E-state index in [1.54, 1.807) is 6.20 Å². The molecule has 0 N–H and O–H groups in total. The van der Waals surface area contributed by atoms with E-state index >= 15 is 0 Å². The van der Waals surface area contributed by atoms with Gasteiger partial charge in [0.1, 0.15) is 5.75 Å². The standard InChI is InChI=1S/C16H27NO/c1-3-4-5-6-7-8-9-10-13-18-16-12-11-15(2)17-14-16/h11-12,14H,3-10,13H2,1-2H3. The van der Waals surface area contributed by atoms with Gasteiger partial charge in [-0.25, -0.2) is 0 Å². The number of hydrogen-bond donors (Lipinski definition) is 0. The average Bonchev–Trinajstić information content (AvgIpc) is 2.39. The Morgan fingerprint density at radius 3 is 2.22 bits per heavy atom. The van der Waals surface area contributed by atoms with E-state index in [-0.39, 0.29) is 0 Å². The molecule has 0 saturated carbocycles. The summed E-state index contributed by atoms with van der Waals surface area (Å²) < 4.78 is 5.64. The first-order chi connectivity index (χ1) is 8.83. The van der Waals surface area contributed by atoms with Gasteiger partial charge in [0.05, 0.1) is 12.8 Å². The van der Waals surface area contributed by atoms with Crippen molar-refractivity contribution in [3.05, 3.63) is 24.0 Å². The van der Waals surface area contributed by atoms with E-state index in [1.165, 1.54) is 44.9 Å². The van der Waals surface area contributed by atoms with Crippen LogP contribution in [0.1, 0.15) is 64.0 Å². The summed E-state index contributed by atoms with van der Waals surface area (Å²) in [7, 11) is 0. The van der Waals surface area contributed by atoms with Crippen molar-refractivity contribution in [1.82, 2.24) is 4.98 Å². The van der Waals surface area contributed by atoms with Crippen LogP contribution in [0.15, 0.2) is 18.3 Å². The molecule has 0 saturated heterocycles. The largest absolute Gasteiger partial charge is 0.492 e. The van der Waals surface area contributed by atoms with Crippen LogP contribution in [0.5, 0.6) is 5.75 Å². The van der Waals surface area contributed by atoms with E-state index in [4.69, 9.17) is 4.74 Å². The van der Waals surface area contributed by atoms with Crippen LogP contribution in [-0.2, 0) is 0 Å². The molecule has 0 radical (unpaired) electrons. The molecule has 0 aliphatic heterocycles. The summed E-state index contributed by atoms with van der Waals surface area (Å²) in [6.07, 6.45) is 12.5. The molecular weight excluding hydrogens is 222 g/mol. The number of ether oxygens (including phenoxy) is 1. The minimum Gasteiger partial charge on any atom is -0.492 e. The van der Waals surface area contributed by atoms with Crippen molar-refractivity contribution in [2.24, 2.45) is 0 Å². The summed E-state index contributed by atoms with van der Waals surface area (Å²) in [6.45, 7) is 5.07. The molecule has 1 rings (SSSR count). The second-order valence-electron chi connectivity index (χ2n) is 4.96. The third-order valence-electron chi connectivity index (χ3n) is 3.15. The number of unbranched alkanes of at least 4 members (excludes halogenated alkanes) is 7. The lowest BCUT2D eigenvalue weighted by Crippen LogP contribution is -1.97. The molecule has 0 aliphatic carbocycles. The highest BCUT2D eigenvalue weighted by atomic mass is 16.5. The van der Waals surface area contributed by atoms with E-state index in [2.05, 4.69) is 11.9 Å². The maximum Gasteiger partial charge on any atom is 0.137 e. The third-order valence-corrected chi connectivity index (χ3v) is 3.15. The topological polar surface area (TPSA) is 22.1 Å². The lowest BCUT2D eigenvalue weighted by molar-refractivity contribution is 0.303. The number of aromatic nitrogens is 1. The number of rotatable bonds is 10. The minimum absolute atomic E-state index is 0.819. The second kappa shape index (κ2) is 9.93. The molecule has 0 aliphatic rings. The Morgan fingerprint density at radius 2 is 1.61 bits per heavy atom. The SMILES string of the molecule is CCCCCCCCCCOc1ccc(C)nc1. The van der Waals surface area contributed by atoms with Gasteiger partial charge in [0.2, 0.25) is 0 Å². The molecule has 1 heterocycles. The van der Waals surface area contributed by atoms with E-state index < -0.39 is 0 Å². The van der Waals surface area contributed by atoms with Crippen LogP contribution in [0, 0.1) is 6.92 Å². The molecule has 0 unspecified atom stereocenters. The highest BCUT2D eigenvalue weighted by molar-refractivity contribution is 5.18. The van der Waals surface area contributed by atoms with Gasteiger partial charge < -0.3 is 4.74 Å². The Labute approximate surface area is 112 Å². The zero-order valence-corrected chi connectivity index (χ0v) is 12.0. The lowest BCUT2D eigenvalue weighted by Gasteiger charge is -2.05. The number of hydrogen-bond acceptors (Lipinski definition) is 2. The summed E-state index contributed by atoms with van der Waals surface area (Å²) in [5.74, 6) is 0.892. The van der Waals surface area contributed by atoms with Crippen LogP contribution in [0.25, 0.3) is 0 Å². The van der Waals surface area contributed by atoms with E-state index in [9.17, 15) is 0 Å². The first-order valence-corrected chi connectivity index (χ1v) is 7.38. The van der Waals surface area contributed by atoms with Crippen LogP contribution in [0.2, 0.25) is 0 Å². The summed E-state index contributed by atoms with van der Waals surface area (Å²) in [4.78, 5) is 4.21. The fourth-order valence-electron chi connectivity index (χ4n) is 1.97. The van der Waals surface area contributed by atoms with Gasteiger partial charge >= 0.3 is 0 Å². The van der Waals surface area contributed by atoms with Crippen molar-refractivity contribution in [3.63, 3.8) is 0 Å². The zero-order chi connectivity index (χ0) is 13.1. The fraction of sp³-hybridized carbons (Fsp3) is 0.688. The van der Waals surface area contributed by atoms with Crippen molar-refractivity contribution in [1.29, 1.82) is 0 Å². The predicted octanol–water partition coefficient (Wildman–Crippen LogP) is 4.91. The van der Waals surface area contributed by atoms with Gasteiger partial charge in [0.15, 0.2) is 0 Å². The van der Waals surface area contributed by atoms with Crippen LogP contribution in [-0.4, -0.2) is 11.6 Å². The van der Waals surface area contributed by atoms with Crippen LogP contribution in [0.3, 0.4) is 0 Å². The monoisotopic (exact) mass is 249 g/mol. The number of pyridine rings is 1. The lowest BCUT2D eigenvalue weighted by atomic mass is 10.1. The van der Waals surface area contributed by atoms with Crippen LogP contribution >= 0.6 is 0 Å². The van der Waals surface area contributed by atoms with Gasteiger partial charge in [0, 0.05) is 5.69 Å². The highest BCUT2D eigenvalue weighted by Gasteiger charge is 1.95. The van der Waals surface area contributed by atoms with Gasteiger partial charge in [-0.3, -0.25) is 4.98 Å². The maximum absolute atomic E-state index is 5.64. The molecule has 0 bridgehead atoms. The second-order valence-corrected chi connectivity index (χ2v) is 4.96. The van der Waals surface area contributed by atoms with Gasteiger partial charge in [-0.15, -0.1) is 0 Å². The molecule has 18 heavy (non-hydrogen) atoms. The summed E-state index contributed by atoms with van der Waals surface area (Å²) >= 11 is 0. The maximum atomic E-state index is 5.64. The molecule has 2 nitrogen and oxygen atoms in total. The van der Waals surface area contributed by atoms with Crippen molar-refractivity contribution >= 4 is 0 Å². The van der Waals surface area contributed by atoms with Crippen molar-refractivity contribution in [2.75, 3.05) is 6.61 Å². The zero-order valence-electron chi connectivity index (χ0n) is 12.0. The number of aryl methyl sites for hydroxylation is 1. The average molecular weight is 249 g/mol. The Kier molecular flexibility index (Phi) is 8.28. The van der Waals surface area contributed by atoms with Gasteiger partial charge in [-0.1, -0.05) is 51.9 Å². The van der Waals surface area contributed by atoms with Gasteiger partial charge in [-0.05, 0) is 25.5 Å². The van der Waals surface area contributed by atoms with E-state index in [0.717, 1.165) is 24.5 Å². The molecule has 0 aromatic carbocycles. The molecule has 0 amide bonds. The first kappa shape index (κ1) is 15.0. The molecule has 1 aromatic heterocycles. The first-order valence-electron chi connectivity index (χ1n) is 7.38. The van der Waals surface area contributed by atoms with Gasteiger partial charge in [-0.2, -0.15) is 0 Å². The quantitative estimate of drug-likeness (QED) is 0.550. The molecule has 2 heteroatoms. The molecular formula is C16H27NO. The Balaban J connectivity index is 1.91. The minimum atomic E-state index is 0.819.